The van der Waals surface area contributed by atoms with Gasteiger partial charge in [-0.3, -0.25) is 0 Å². The second kappa shape index (κ2) is 11.9. The van der Waals surface area contributed by atoms with Crippen LogP contribution in [0.4, 0.5) is 0 Å². The molecule has 3 aromatic rings. The van der Waals surface area contributed by atoms with E-state index in [9.17, 15) is 0 Å². The Kier molecular flexibility index (Phi) is 9.28. The lowest BCUT2D eigenvalue weighted by Crippen LogP contribution is -2.01. The highest BCUT2D eigenvalue weighted by molar-refractivity contribution is 8.67. The van der Waals surface area contributed by atoms with Crippen molar-refractivity contribution in [3.63, 3.8) is 0 Å². The molecular formula is C27H33O2PS2. The van der Waals surface area contributed by atoms with Gasteiger partial charge in [0, 0.05) is 5.75 Å². The average Bonchev–Trinajstić information content (AvgIpc) is 2.72. The summed E-state index contributed by atoms with van der Waals surface area (Å²) in [6.45, 7) is 8.89. The molecule has 0 radical (unpaired) electrons. The highest BCUT2D eigenvalue weighted by atomic mass is 32.9. The molecule has 0 saturated heterocycles. The molecule has 0 fully saturated rings. The molecule has 3 aromatic carbocycles. The molecule has 0 atom stereocenters. The minimum Gasteiger partial charge on any atom is -0.428 e. The van der Waals surface area contributed by atoms with E-state index in [0.29, 0.717) is 11.8 Å². The fraction of sp³-hybridized carbons (Fsp3) is 0.333. The molecule has 0 N–H and O–H groups in total. The topological polar surface area (TPSA) is 18.5 Å². The Bertz CT molecular complexity index is 975. The van der Waals surface area contributed by atoms with Crippen molar-refractivity contribution in [3.05, 3.63) is 95.6 Å². The summed E-state index contributed by atoms with van der Waals surface area (Å²) in [6.07, 6.45) is 2.02. The van der Waals surface area contributed by atoms with Crippen molar-refractivity contribution >= 4 is 28.9 Å². The minimum absolute atomic E-state index is 0.584. The van der Waals surface area contributed by atoms with Crippen molar-refractivity contribution in [2.24, 2.45) is 11.8 Å². The third-order valence-corrected chi connectivity index (χ3v) is 9.58. The molecule has 0 saturated carbocycles. The SMILES string of the molecule is CC(C)Cc1cccc(OP(=S)(Oc2cccc(CC(C)C)c2)SCc2ccccc2)c1. The van der Waals surface area contributed by atoms with Crippen LogP contribution in [0.1, 0.15) is 44.4 Å². The van der Waals surface area contributed by atoms with E-state index in [0.717, 1.165) is 30.1 Å². The normalized spacial score (nSPS) is 11.7. The van der Waals surface area contributed by atoms with Crippen LogP contribution in [0.15, 0.2) is 78.9 Å². The smallest absolute Gasteiger partial charge is 0.348 e. The van der Waals surface area contributed by atoms with Gasteiger partial charge in [0.1, 0.15) is 11.5 Å². The maximum atomic E-state index is 6.44. The van der Waals surface area contributed by atoms with Gasteiger partial charge >= 0.3 is 5.69 Å². The zero-order valence-corrected chi connectivity index (χ0v) is 21.9. The molecule has 0 aliphatic heterocycles. The van der Waals surface area contributed by atoms with Crippen LogP contribution < -0.4 is 9.05 Å². The van der Waals surface area contributed by atoms with Crippen LogP contribution in [0.5, 0.6) is 11.5 Å². The molecular weight excluding hydrogens is 451 g/mol. The van der Waals surface area contributed by atoms with Crippen LogP contribution in [0.2, 0.25) is 0 Å². The van der Waals surface area contributed by atoms with Gasteiger partial charge < -0.3 is 9.05 Å². The summed E-state index contributed by atoms with van der Waals surface area (Å²) in [7, 11) is 0. The number of rotatable bonds is 11. The summed E-state index contributed by atoms with van der Waals surface area (Å²) >= 11 is 7.64. The number of hydrogen-bond donors (Lipinski definition) is 0. The van der Waals surface area contributed by atoms with Crippen molar-refractivity contribution in [1.29, 1.82) is 0 Å². The summed E-state index contributed by atoms with van der Waals surface area (Å²) < 4.78 is 12.9. The van der Waals surface area contributed by atoms with Crippen molar-refractivity contribution in [2.45, 2.75) is 46.3 Å². The monoisotopic (exact) mass is 484 g/mol. The Hall–Kier alpha value is -1.74. The van der Waals surface area contributed by atoms with Crippen LogP contribution in [-0.4, -0.2) is 0 Å². The lowest BCUT2D eigenvalue weighted by atomic mass is 10.0. The van der Waals surface area contributed by atoms with E-state index in [4.69, 9.17) is 20.9 Å². The molecule has 0 unspecified atom stereocenters. The Morgan fingerprint density at radius 3 is 1.62 bits per heavy atom. The van der Waals surface area contributed by atoms with E-state index in [1.807, 2.05) is 42.5 Å². The molecule has 3 rings (SSSR count). The Morgan fingerprint density at radius 2 is 1.16 bits per heavy atom. The second-order valence-electron chi connectivity index (χ2n) is 8.88. The summed E-state index contributed by atoms with van der Waals surface area (Å²) in [5, 5.41) is 0. The number of benzene rings is 3. The van der Waals surface area contributed by atoms with Gasteiger partial charge in [-0.05, 0) is 88.8 Å². The van der Waals surface area contributed by atoms with Crippen LogP contribution in [0.25, 0.3) is 0 Å². The second-order valence-corrected chi connectivity index (χ2v) is 15.0. The molecule has 0 aromatic heterocycles. The van der Waals surface area contributed by atoms with E-state index in [1.165, 1.54) is 16.7 Å². The Balaban J connectivity index is 1.83. The Labute approximate surface area is 202 Å². The average molecular weight is 485 g/mol. The first-order valence-electron chi connectivity index (χ1n) is 11.2. The maximum absolute atomic E-state index is 6.44. The quantitative estimate of drug-likeness (QED) is 0.253. The first kappa shape index (κ1) is 24.9. The first-order valence-corrected chi connectivity index (χ1v) is 15.4. The standard InChI is InChI=1S/C27H33O2PS2/c1-21(2)16-24-12-8-14-26(18-24)28-30(31,32-20-23-10-6-5-7-11-23)29-27-15-9-13-25(19-27)17-22(3)4/h5-15,18-19,21-22H,16-17,20H2,1-4H3. The van der Waals surface area contributed by atoms with Crippen molar-refractivity contribution in [2.75, 3.05) is 0 Å². The van der Waals surface area contributed by atoms with Crippen molar-refractivity contribution in [1.82, 2.24) is 0 Å². The van der Waals surface area contributed by atoms with Gasteiger partial charge in [-0.15, -0.1) is 0 Å². The van der Waals surface area contributed by atoms with E-state index < -0.39 is 5.69 Å². The molecule has 32 heavy (non-hydrogen) atoms. The van der Waals surface area contributed by atoms with Gasteiger partial charge in [0.25, 0.3) is 0 Å². The third-order valence-electron chi connectivity index (χ3n) is 4.75. The van der Waals surface area contributed by atoms with Gasteiger partial charge in [-0.1, -0.05) is 82.3 Å². The van der Waals surface area contributed by atoms with Gasteiger partial charge in [-0.25, -0.2) is 0 Å². The summed E-state index contributed by atoms with van der Waals surface area (Å²) in [6, 6.07) is 26.9. The summed E-state index contributed by atoms with van der Waals surface area (Å²) in [4.78, 5) is 0. The van der Waals surface area contributed by atoms with Crippen molar-refractivity contribution in [3.8, 4) is 11.5 Å². The van der Waals surface area contributed by atoms with E-state index in [1.54, 1.807) is 11.4 Å². The molecule has 5 heteroatoms. The Morgan fingerprint density at radius 1 is 0.688 bits per heavy atom. The largest absolute Gasteiger partial charge is 0.428 e. The molecule has 0 amide bonds. The summed E-state index contributed by atoms with van der Waals surface area (Å²) in [5.41, 5.74) is 1.03. The van der Waals surface area contributed by atoms with E-state index in [-0.39, 0.29) is 0 Å². The lowest BCUT2D eigenvalue weighted by Gasteiger charge is -2.23. The van der Waals surface area contributed by atoms with Gasteiger partial charge in [0.05, 0.1) is 0 Å². The van der Waals surface area contributed by atoms with Crippen LogP contribution in [0.3, 0.4) is 0 Å². The van der Waals surface area contributed by atoms with Crippen LogP contribution in [-0.2, 0) is 30.4 Å². The van der Waals surface area contributed by atoms with Gasteiger partial charge in [-0.2, -0.15) is 0 Å². The third kappa shape index (κ3) is 8.31. The molecule has 0 bridgehead atoms. The zero-order chi connectivity index (χ0) is 23.0. The fourth-order valence-electron chi connectivity index (χ4n) is 3.46. The predicted molar refractivity (Wildman–Crippen MR) is 143 cm³/mol. The minimum atomic E-state index is -2.69. The molecule has 0 aliphatic rings. The molecule has 0 aliphatic carbocycles. The molecule has 170 valence electrons. The summed E-state index contributed by atoms with van der Waals surface area (Å²) in [5.74, 6) is 3.48. The first-order chi connectivity index (χ1) is 15.3. The van der Waals surface area contributed by atoms with E-state index >= 15 is 0 Å². The predicted octanol–water partition coefficient (Wildman–Crippen LogP) is 8.70. The van der Waals surface area contributed by atoms with Gasteiger partial charge in [0.2, 0.25) is 0 Å². The van der Waals surface area contributed by atoms with E-state index in [2.05, 4.69) is 64.1 Å². The zero-order valence-electron chi connectivity index (χ0n) is 19.4. The molecule has 2 nitrogen and oxygen atoms in total. The van der Waals surface area contributed by atoms with Crippen molar-refractivity contribution < 1.29 is 9.05 Å². The highest BCUT2D eigenvalue weighted by Gasteiger charge is 2.24. The highest BCUT2D eigenvalue weighted by Crippen LogP contribution is 2.61. The molecule has 0 spiro atoms. The maximum Gasteiger partial charge on any atom is 0.348 e. The van der Waals surface area contributed by atoms with Gasteiger partial charge in [0.15, 0.2) is 0 Å². The number of hydrogen-bond acceptors (Lipinski definition) is 4. The molecule has 0 heterocycles. The lowest BCUT2D eigenvalue weighted by molar-refractivity contribution is 0.504. The van der Waals surface area contributed by atoms with Crippen LogP contribution in [0, 0.1) is 11.8 Å². The fourth-order valence-corrected chi connectivity index (χ4v) is 7.59. The van der Waals surface area contributed by atoms with Crippen LogP contribution >= 0.6 is 17.1 Å².